The van der Waals surface area contributed by atoms with Crippen molar-refractivity contribution in [2.45, 2.75) is 103 Å². The topological polar surface area (TPSA) is 187 Å². The number of benzene rings is 1. The van der Waals surface area contributed by atoms with Gasteiger partial charge in [0.25, 0.3) is 11.8 Å². The number of aliphatic hydroxyl groups is 1. The molecule has 1 unspecified atom stereocenters. The molecule has 1 fully saturated rings. The minimum Gasteiger partial charge on any atom is -0.508 e. The first-order valence-corrected chi connectivity index (χ1v) is 19.6. The molecule has 7 atom stereocenters. The molecule has 0 aromatic heterocycles. The Bertz CT molecular complexity index is 1690. The van der Waals surface area contributed by atoms with Crippen LogP contribution < -0.4 is 16.1 Å². The first-order chi connectivity index (χ1) is 27.2. The number of hydrazine groups is 1. The van der Waals surface area contributed by atoms with Crippen LogP contribution in [0.15, 0.2) is 84.5 Å². The van der Waals surface area contributed by atoms with Crippen LogP contribution in [0, 0.1) is 17.8 Å². The summed E-state index contributed by atoms with van der Waals surface area (Å²) in [6.45, 7) is 9.27. The Labute approximate surface area is 336 Å². The molecule has 4 amide bonds. The van der Waals surface area contributed by atoms with E-state index >= 15 is 0 Å². The van der Waals surface area contributed by atoms with E-state index in [4.69, 9.17) is 9.57 Å². The van der Waals surface area contributed by atoms with E-state index in [2.05, 4.69) is 16.1 Å². The molecule has 0 spiro atoms. The number of likely N-dealkylation sites (N-methyl/N-ethyl adjacent to an activating group) is 1. The number of phenolic OH excluding ortho intramolecular Hbond substituents is 1. The number of carbonyl (C=O) groups is 5. The number of hydrogen-bond donors (Lipinski definition) is 5. The molecule has 0 radical (unpaired) electrons. The number of nitrogens with one attached hydrogen (secondary N) is 3. The summed E-state index contributed by atoms with van der Waals surface area (Å²) in [5.74, 6) is -4.13. The highest BCUT2D eigenvalue weighted by molar-refractivity contribution is 5.93. The van der Waals surface area contributed by atoms with Crippen molar-refractivity contribution >= 4 is 29.6 Å². The monoisotopic (exact) mass is 791 g/mol. The summed E-state index contributed by atoms with van der Waals surface area (Å²) < 4.78 is 6.04. The summed E-state index contributed by atoms with van der Waals surface area (Å²) in [5.41, 5.74) is 4.26. The highest BCUT2D eigenvalue weighted by atomic mass is 16.7. The van der Waals surface area contributed by atoms with E-state index < -0.39 is 59.9 Å². The fourth-order valence-corrected chi connectivity index (χ4v) is 6.49. The highest BCUT2D eigenvalue weighted by Gasteiger charge is 2.37. The van der Waals surface area contributed by atoms with Gasteiger partial charge in [-0.15, -0.1) is 0 Å². The largest absolute Gasteiger partial charge is 0.508 e. The molecule has 0 saturated carbocycles. The molecule has 14 heteroatoms. The molecule has 0 aliphatic carbocycles. The lowest BCUT2D eigenvalue weighted by Gasteiger charge is -2.36. The van der Waals surface area contributed by atoms with Crippen LogP contribution in [0.5, 0.6) is 5.75 Å². The summed E-state index contributed by atoms with van der Waals surface area (Å²) in [6, 6.07) is 3.28. The molecule has 57 heavy (non-hydrogen) atoms. The number of aliphatic hydroxyl groups excluding tert-OH is 1. The first-order valence-electron chi connectivity index (χ1n) is 19.6. The maximum atomic E-state index is 14.3. The zero-order chi connectivity index (χ0) is 42.1. The highest BCUT2D eigenvalue weighted by Crippen LogP contribution is 2.23. The second-order valence-corrected chi connectivity index (χ2v) is 14.9. The fraction of sp³-hybridized carbons (Fsp3) is 0.512. The molecule has 1 aromatic rings. The van der Waals surface area contributed by atoms with Crippen LogP contribution in [-0.4, -0.2) is 101 Å². The van der Waals surface area contributed by atoms with Gasteiger partial charge in [-0.1, -0.05) is 81.5 Å². The number of phenols is 1. The van der Waals surface area contributed by atoms with Crippen molar-refractivity contribution in [2.24, 2.45) is 17.8 Å². The van der Waals surface area contributed by atoms with Gasteiger partial charge in [-0.05, 0) is 74.6 Å². The number of hydrogen-bond acceptors (Lipinski definition) is 10. The zero-order valence-corrected chi connectivity index (χ0v) is 34.2. The van der Waals surface area contributed by atoms with Gasteiger partial charge in [0.05, 0.1) is 19.1 Å². The first kappa shape index (κ1) is 46.3. The van der Waals surface area contributed by atoms with Gasteiger partial charge in [-0.25, -0.2) is 10.5 Å². The number of amides is 4. The van der Waals surface area contributed by atoms with E-state index in [9.17, 15) is 34.2 Å². The number of fused-ring (bicyclic) bond motifs is 2. The molecule has 1 aromatic carbocycles. The Hall–Kier alpha value is -5.05. The number of allylic oxidation sites excluding steroid dienone is 7. The lowest BCUT2D eigenvalue weighted by Crippen LogP contribution is -2.62. The maximum Gasteiger partial charge on any atom is 0.325 e. The molecule has 3 rings (SSSR count). The molecular weight excluding hydrogens is 730 g/mol. The molecule has 2 heterocycles. The minimum absolute atomic E-state index is 0.00723. The Morgan fingerprint density at radius 3 is 2.49 bits per heavy atom. The Balaban J connectivity index is 2.04. The number of aromatic hydroxyl groups is 1. The smallest absolute Gasteiger partial charge is 0.325 e. The lowest BCUT2D eigenvalue weighted by atomic mass is 9.86. The van der Waals surface area contributed by atoms with Crippen LogP contribution in [0.4, 0.5) is 0 Å². The minimum atomic E-state index is -1.15. The fourth-order valence-electron chi connectivity index (χ4n) is 6.49. The number of ether oxygens (including phenoxy) is 1. The predicted octanol–water partition coefficient (Wildman–Crippen LogP) is 3.98. The van der Waals surface area contributed by atoms with Crippen molar-refractivity contribution in [3.05, 3.63) is 90.1 Å². The zero-order valence-electron chi connectivity index (χ0n) is 34.2. The van der Waals surface area contributed by atoms with Gasteiger partial charge in [-0.2, -0.15) is 0 Å². The number of hydroxylamine groups is 2. The van der Waals surface area contributed by atoms with E-state index in [0.717, 1.165) is 5.06 Å². The van der Waals surface area contributed by atoms with E-state index in [1.54, 1.807) is 51.1 Å². The summed E-state index contributed by atoms with van der Waals surface area (Å²) in [4.78, 5) is 73.1. The molecule has 2 aliphatic heterocycles. The Morgan fingerprint density at radius 2 is 1.82 bits per heavy atom. The molecule has 14 nitrogen and oxygen atoms in total. The van der Waals surface area contributed by atoms with E-state index in [0.29, 0.717) is 36.8 Å². The number of nitrogens with zero attached hydrogens (tertiary/aromatic N) is 2. The van der Waals surface area contributed by atoms with Crippen LogP contribution in [0.3, 0.4) is 0 Å². The SMILES string of the molecule is C/C=C/C[C@H]1C(=O)N[C@@H](C(C)C)C(=O)N[C@@H](Cc2cccc(O)c2)C(=O)N2CCCC(N2)C(=O)O[C@H](/C(C)=C/C=C/C(=O)N(C)OC)C/C=C/C=C/C[C@H](C)[C@H]1O. The van der Waals surface area contributed by atoms with Gasteiger partial charge in [0.2, 0.25) is 11.8 Å². The molecule has 2 aliphatic rings. The second-order valence-electron chi connectivity index (χ2n) is 14.9. The van der Waals surface area contributed by atoms with Gasteiger partial charge in [0.15, 0.2) is 0 Å². The predicted molar refractivity (Wildman–Crippen MR) is 217 cm³/mol. The quantitative estimate of drug-likeness (QED) is 0.0806. The van der Waals surface area contributed by atoms with Crippen molar-refractivity contribution in [2.75, 3.05) is 20.7 Å². The lowest BCUT2D eigenvalue weighted by molar-refractivity contribution is -0.162. The number of esters is 1. The van der Waals surface area contributed by atoms with Crippen molar-refractivity contribution in [1.29, 1.82) is 0 Å². The van der Waals surface area contributed by atoms with Gasteiger partial charge < -0.3 is 25.6 Å². The van der Waals surface area contributed by atoms with Gasteiger partial charge in [0, 0.05) is 32.5 Å². The van der Waals surface area contributed by atoms with E-state index in [1.165, 1.54) is 37.4 Å². The van der Waals surface area contributed by atoms with Crippen LogP contribution >= 0.6 is 0 Å². The van der Waals surface area contributed by atoms with E-state index in [1.807, 2.05) is 44.2 Å². The number of rotatable bonds is 9. The number of cyclic esters (lactones) is 1. The van der Waals surface area contributed by atoms with Gasteiger partial charge in [-0.3, -0.25) is 33.8 Å². The van der Waals surface area contributed by atoms with Crippen molar-refractivity contribution < 1.29 is 43.8 Å². The molecule has 1 saturated heterocycles. The maximum absolute atomic E-state index is 14.3. The Morgan fingerprint density at radius 1 is 1.11 bits per heavy atom. The van der Waals surface area contributed by atoms with Crippen LogP contribution in [0.25, 0.3) is 0 Å². The summed E-state index contributed by atoms with van der Waals surface area (Å²) >= 11 is 0. The second kappa shape index (κ2) is 23.2. The average Bonchev–Trinajstić information content (AvgIpc) is 3.19. The van der Waals surface area contributed by atoms with E-state index in [-0.39, 0.29) is 42.9 Å². The summed E-state index contributed by atoms with van der Waals surface area (Å²) in [5, 5.41) is 29.7. The third kappa shape index (κ3) is 14.4. The third-order valence-corrected chi connectivity index (χ3v) is 10.1. The van der Waals surface area contributed by atoms with Crippen LogP contribution in [0.1, 0.15) is 72.3 Å². The van der Waals surface area contributed by atoms with Crippen molar-refractivity contribution in [1.82, 2.24) is 26.1 Å². The number of carbonyl (C=O) groups excluding carboxylic acids is 5. The molecule has 5 N–H and O–H groups in total. The normalized spacial score (nSPS) is 27.6. The molecule has 2 bridgehead atoms. The molecular formula is C43H61N5O9. The Kier molecular flexibility index (Phi) is 18.9. The third-order valence-electron chi connectivity index (χ3n) is 10.1. The van der Waals surface area contributed by atoms with Gasteiger partial charge in [0.1, 0.15) is 30.0 Å². The van der Waals surface area contributed by atoms with Crippen molar-refractivity contribution in [3.63, 3.8) is 0 Å². The average molecular weight is 792 g/mol. The summed E-state index contributed by atoms with van der Waals surface area (Å²) in [6.07, 6.45) is 15.6. The van der Waals surface area contributed by atoms with Crippen LogP contribution in [0.2, 0.25) is 0 Å². The standard InChI is InChI=1S/C43H61N5O9/c1-8-9-21-33-39(51)30(5)17-12-10-11-13-23-36(29(4)18-14-24-37(50)47(6)56-7)57-43(55)34-22-16-25-48(46-34)42(54)35(27-31-19-15-20-32(49)26-31)44-41(53)38(28(2)3)45-40(33)52/h8-15,18-20,24,26,28,30,33-36,38-39,46,49,51H,16-17,21-23,25,27H2,1-7H3,(H,44,53)(H,45,52)/b9-8+,12-10+,13-11+,24-14+,29-18+/t30-,33+,34?,35-,36-,38-,39+/m0/s1. The van der Waals surface area contributed by atoms with Crippen molar-refractivity contribution in [3.8, 4) is 5.75 Å². The van der Waals surface area contributed by atoms with Crippen LogP contribution in [-0.2, 0) is 40.0 Å². The molecule has 312 valence electrons. The van der Waals surface area contributed by atoms with Gasteiger partial charge >= 0.3 is 5.97 Å². The summed E-state index contributed by atoms with van der Waals surface area (Å²) in [7, 11) is 2.86.